The topological polar surface area (TPSA) is 39.3 Å². The van der Waals surface area contributed by atoms with Crippen molar-refractivity contribution in [3.8, 4) is 5.75 Å². The van der Waals surface area contributed by atoms with Crippen LogP contribution in [0, 0.1) is 5.82 Å². The average Bonchev–Trinajstić information content (AvgIpc) is 3.18. The molecule has 1 saturated heterocycles. The van der Waals surface area contributed by atoms with Crippen molar-refractivity contribution < 1.29 is 9.50 Å². The number of phenols is 1. The molecule has 1 aliphatic heterocycles. The number of benzene rings is 2. The molecule has 0 aliphatic carbocycles. The molecule has 3 nitrogen and oxygen atoms in total. The van der Waals surface area contributed by atoms with E-state index in [0.717, 1.165) is 31.6 Å². The molecule has 23 heavy (non-hydrogen) atoms. The number of likely N-dealkylation sites (tertiary alicyclic amines) is 1. The zero-order chi connectivity index (χ0) is 15.8. The van der Waals surface area contributed by atoms with Crippen molar-refractivity contribution in [3.05, 3.63) is 65.6 Å². The van der Waals surface area contributed by atoms with Crippen LogP contribution in [0.1, 0.15) is 23.5 Å². The first-order valence-electron chi connectivity index (χ1n) is 7.96. The molecule has 1 aliphatic rings. The van der Waals surface area contributed by atoms with Gasteiger partial charge in [0.05, 0.1) is 0 Å². The number of hydrogen-bond acceptors (Lipinski definition) is 2. The minimum atomic E-state index is -0.553. The molecule has 0 amide bonds. The van der Waals surface area contributed by atoms with E-state index >= 15 is 0 Å². The van der Waals surface area contributed by atoms with E-state index in [1.165, 1.54) is 22.5 Å². The summed E-state index contributed by atoms with van der Waals surface area (Å²) in [5.41, 5.74) is 3.50. The van der Waals surface area contributed by atoms with Crippen LogP contribution in [0.15, 0.2) is 48.7 Å². The Kier molecular flexibility index (Phi) is 3.54. The lowest BCUT2D eigenvalue weighted by atomic mass is 9.98. The monoisotopic (exact) mass is 310 g/mol. The Morgan fingerprint density at radius 3 is 2.96 bits per heavy atom. The summed E-state index contributed by atoms with van der Waals surface area (Å²) in [6.07, 6.45) is 3.12. The molecule has 1 fully saturated rings. The molecule has 0 bridgehead atoms. The van der Waals surface area contributed by atoms with E-state index in [0.29, 0.717) is 5.92 Å². The standard InChI is InChI=1S/C19H19FN2O/c20-17-6-5-13(9-19(17)23)14-7-8-22(11-14)12-15-10-21-18-4-2-1-3-16(15)18/h1-6,9-10,14,21,23H,7-8,11-12H2. The van der Waals surface area contributed by atoms with Crippen molar-refractivity contribution in [2.75, 3.05) is 13.1 Å². The van der Waals surface area contributed by atoms with E-state index < -0.39 is 5.82 Å². The highest BCUT2D eigenvalue weighted by atomic mass is 19.1. The normalized spacial score (nSPS) is 18.7. The van der Waals surface area contributed by atoms with Crippen molar-refractivity contribution in [1.82, 2.24) is 9.88 Å². The van der Waals surface area contributed by atoms with Crippen molar-refractivity contribution in [1.29, 1.82) is 0 Å². The molecule has 118 valence electrons. The first-order chi connectivity index (χ1) is 11.2. The van der Waals surface area contributed by atoms with Gasteiger partial charge in [-0.15, -0.1) is 0 Å². The number of fused-ring (bicyclic) bond motifs is 1. The Morgan fingerprint density at radius 1 is 1.22 bits per heavy atom. The number of hydrogen-bond donors (Lipinski definition) is 2. The first kappa shape index (κ1) is 14.3. The first-order valence-corrected chi connectivity index (χ1v) is 7.96. The summed E-state index contributed by atoms with van der Waals surface area (Å²) in [5.74, 6) is -0.452. The molecular weight excluding hydrogens is 291 g/mol. The summed E-state index contributed by atoms with van der Waals surface area (Å²) in [7, 11) is 0. The third-order valence-electron chi connectivity index (χ3n) is 4.78. The SMILES string of the molecule is Oc1cc(C2CCN(Cc3c[nH]c4ccccc34)C2)ccc1F. The van der Waals surface area contributed by atoms with Gasteiger partial charge < -0.3 is 10.1 Å². The molecule has 4 rings (SSSR count). The maximum absolute atomic E-state index is 13.2. The van der Waals surface area contributed by atoms with Crippen LogP contribution in [0.3, 0.4) is 0 Å². The second-order valence-corrected chi connectivity index (χ2v) is 6.29. The minimum Gasteiger partial charge on any atom is -0.505 e. The number of nitrogens with one attached hydrogen (secondary N) is 1. The zero-order valence-corrected chi connectivity index (χ0v) is 12.8. The Balaban J connectivity index is 1.49. The van der Waals surface area contributed by atoms with Gasteiger partial charge in [0.2, 0.25) is 0 Å². The second kappa shape index (κ2) is 5.70. The summed E-state index contributed by atoms with van der Waals surface area (Å²) in [5, 5.41) is 10.8. The van der Waals surface area contributed by atoms with E-state index in [1.54, 1.807) is 12.1 Å². The van der Waals surface area contributed by atoms with Gasteiger partial charge in [0.1, 0.15) is 0 Å². The maximum Gasteiger partial charge on any atom is 0.164 e. The highest BCUT2D eigenvalue weighted by Crippen LogP contribution is 2.31. The van der Waals surface area contributed by atoms with Crippen LogP contribution < -0.4 is 0 Å². The number of rotatable bonds is 3. The molecule has 2 N–H and O–H groups in total. The molecule has 0 saturated carbocycles. The lowest BCUT2D eigenvalue weighted by Gasteiger charge is -2.16. The second-order valence-electron chi connectivity index (χ2n) is 6.29. The van der Waals surface area contributed by atoms with Crippen molar-refractivity contribution in [3.63, 3.8) is 0 Å². The fourth-order valence-corrected chi connectivity index (χ4v) is 3.54. The highest BCUT2D eigenvalue weighted by molar-refractivity contribution is 5.82. The van der Waals surface area contributed by atoms with E-state index in [1.807, 2.05) is 6.07 Å². The lowest BCUT2D eigenvalue weighted by Crippen LogP contribution is -2.19. The Labute approximate surface area is 134 Å². The van der Waals surface area contributed by atoms with Crippen LogP contribution in [0.25, 0.3) is 10.9 Å². The predicted octanol–water partition coefficient (Wildman–Crippen LogP) is 4.00. The van der Waals surface area contributed by atoms with Crippen molar-refractivity contribution in [2.24, 2.45) is 0 Å². The van der Waals surface area contributed by atoms with E-state index in [-0.39, 0.29) is 5.75 Å². The molecule has 2 aromatic carbocycles. The smallest absolute Gasteiger partial charge is 0.164 e. The zero-order valence-electron chi connectivity index (χ0n) is 12.8. The van der Waals surface area contributed by atoms with Crippen LogP contribution in [-0.4, -0.2) is 28.1 Å². The largest absolute Gasteiger partial charge is 0.505 e. The van der Waals surface area contributed by atoms with Gasteiger partial charge in [-0.25, -0.2) is 4.39 Å². The number of aromatic hydroxyl groups is 1. The molecule has 4 heteroatoms. The number of aromatic amines is 1. The average molecular weight is 310 g/mol. The molecule has 3 aromatic rings. The molecule has 0 radical (unpaired) electrons. The van der Waals surface area contributed by atoms with Gasteiger partial charge in [-0.1, -0.05) is 24.3 Å². The van der Waals surface area contributed by atoms with Crippen LogP contribution in [0.4, 0.5) is 4.39 Å². The molecule has 1 unspecified atom stereocenters. The van der Waals surface area contributed by atoms with E-state index in [9.17, 15) is 9.50 Å². The summed E-state index contributed by atoms with van der Waals surface area (Å²) < 4.78 is 13.2. The molecule has 1 aromatic heterocycles. The summed E-state index contributed by atoms with van der Waals surface area (Å²) in [6, 6.07) is 13.0. The summed E-state index contributed by atoms with van der Waals surface area (Å²) in [6.45, 7) is 2.86. The molecule has 2 heterocycles. The third-order valence-corrected chi connectivity index (χ3v) is 4.78. The molecule has 1 atom stereocenters. The number of H-pyrrole nitrogens is 1. The fraction of sp³-hybridized carbons (Fsp3) is 0.263. The molecular formula is C19H19FN2O. The van der Waals surface area contributed by atoms with Gasteiger partial charge in [0.25, 0.3) is 0 Å². The Hall–Kier alpha value is -2.33. The van der Waals surface area contributed by atoms with E-state index in [2.05, 4.69) is 34.3 Å². The van der Waals surface area contributed by atoms with Crippen LogP contribution in [-0.2, 0) is 6.54 Å². The number of phenolic OH excluding ortho intramolecular Hbond substituents is 1. The van der Waals surface area contributed by atoms with Gasteiger partial charge in [0.15, 0.2) is 11.6 Å². The van der Waals surface area contributed by atoms with Crippen LogP contribution in [0.2, 0.25) is 0 Å². The number of para-hydroxylation sites is 1. The minimum absolute atomic E-state index is 0.252. The predicted molar refractivity (Wildman–Crippen MR) is 89.0 cm³/mol. The van der Waals surface area contributed by atoms with Gasteiger partial charge >= 0.3 is 0 Å². The maximum atomic E-state index is 13.2. The van der Waals surface area contributed by atoms with Crippen LogP contribution in [0.5, 0.6) is 5.75 Å². The van der Waals surface area contributed by atoms with Crippen molar-refractivity contribution >= 4 is 10.9 Å². The third kappa shape index (κ3) is 2.70. The van der Waals surface area contributed by atoms with Gasteiger partial charge in [-0.2, -0.15) is 0 Å². The Morgan fingerprint density at radius 2 is 2.09 bits per heavy atom. The summed E-state index contributed by atoms with van der Waals surface area (Å²) >= 11 is 0. The number of nitrogens with zero attached hydrogens (tertiary/aromatic N) is 1. The quantitative estimate of drug-likeness (QED) is 0.767. The fourth-order valence-electron chi connectivity index (χ4n) is 3.54. The summed E-state index contributed by atoms with van der Waals surface area (Å²) in [4.78, 5) is 5.73. The van der Waals surface area contributed by atoms with Crippen LogP contribution >= 0.6 is 0 Å². The number of halogens is 1. The van der Waals surface area contributed by atoms with Gasteiger partial charge in [0, 0.05) is 30.2 Å². The van der Waals surface area contributed by atoms with Crippen molar-refractivity contribution in [2.45, 2.75) is 18.9 Å². The van der Waals surface area contributed by atoms with Gasteiger partial charge in [-0.05, 0) is 48.2 Å². The van der Waals surface area contributed by atoms with E-state index in [4.69, 9.17) is 0 Å². The number of aromatic nitrogens is 1. The lowest BCUT2D eigenvalue weighted by molar-refractivity contribution is 0.328. The highest BCUT2D eigenvalue weighted by Gasteiger charge is 2.25. The molecule has 0 spiro atoms. The van der Waals surface area contributed by atoms with Gasteiger partial charge in [-0.3, -0.25) is 4.90 Å². The Bertz CT molecular complexity index is 842.